The maximum Gasteiger partial charge on any atom is 0.267 e. The van der Waals surface area contributed by atoms with Gasteiger partial charge in [0.2, 0.25) is 5.91 Å². The third kappa shape index (κ3) is 3.31. The zero-order valence-electron chi connectivity index (χ0n) is 15.2. The van der Waals surface area contributed by atoms with E-state index in [1.165, 1.54) is 0 Å². The molecule has 1 unspecified atom stereocenters. The Balaban J connectivity index is 1.19. The van der Waals surface area contributed by atoms with Gasteiger partial charge >= 0.3 is 0 Å². The summed E-state index contributed by atoms with van der Waals surface area (Å²) in [7, 11) is 0. The molecule has 1 saturated heterocycles. The molecule has 1 N–H and O–H groups in total. The number of likely N-dealkylation sites (tertiary alicyclic amines) is 1. The van der Waals surface area contributed by atoms with Gasteiger partial charge in [0, 0.05) is 31.8 Å². The van der Waals surface area contributed by atoms with Gasteiger partial charge in [-0.1, -0.05) is 23.4 Å². The molecule has 0 radical (unpaired) electrons. The van der Waals surface area contributed by atoms with Crippen LogP contribution >= 0.6 is 11.3 Å². The number of hydrogen-bond donors (Lipinski definition) is 1. The van der Waals surface area contributed by atoms with Crippen molar-refractivity contribution in [2.24, 2.45) is 0 Å². The van der Waals surface area contributed by atoms with Crippen LogP contribution in [0.15, 0.2) is 46.3 Å². The van der Waals surface area contributed by atoms with Crippen LogP contribution in [0.4, 0.5) is 0 Å². The molecule has 1 aromatic carbocycles. The van der Waals surface area contributed by atoms with Crippen molar-refractivity contribution in [3.05, 3.63) is 53.4 Å². The molecule has 1 aliphatic rings. The number of nitrogens with zero attached hydrogens (tertiary/aromatic N) is 4. The van der Waals surface area contributed by atoms with E-state index in [4.69, 9.17) is 4.52 Å². The Labute approximate surface area is 165 Å². The summed E-state index contributed by atoms with van der Waals surface area (Å²) in [6.07, 6.45) is 1.92. The molecule has 1 atom stereocenters. The number of nitrogens with one attached hydrogen (secondary N) is 1. The van der Waals surface area contributed by atoms with Crippen LogP contribution in [0, 0.1) is 0 Å². The van der Waals surface area contributed by atoms with E-state index in [1.54, 1.807) is 11.3 Å². The van der Waals surface area contributed by atoms with Crippen molar-refractivity contribution in [1.29, 1.82) is 0 Å². The fraction of sp³-hybridized carbons (Fsp3) is 0.300. The quantitative estimate of drug-likeness (QED) is 0.559. The topological polar surface area (TPSA) is 87.9 Å². The predicted molar refractivity (Wildman–Crippen MR) is 106 cm³/mol. The maximum absolute atomic E-state index is 12.6. The molecule has 3 aromatic heterocycles. The molecule has 0 saturated carbocycles. The standard InChI is InChI=1S/C20H19N5O2S/c26-18(8-7-17-21-14-4-1-2-5-15(14)22-17)25-10-9-13(12-25)19-23-20(27-24-19)16-6-3-11-28-16/h1-6,11,13H,7-10,12H2,(H,21,22). The molecule has 1 amide bonds. The molecule has 0 bridgehead atoms. The van der Waals surface area contributed by atoms with Crippen molar-refractivity contribution in [1.82, 2.24) is 25.0 Å². The van der Waals surface area contributed by atoms with Crippen LogP contribution in [0.25, 0.3) is 21.8 Å². The van der Waals surface area contributed by atoms with Crippen molar-refractivity contribution < 1.29 is 9.32 Å². The average Bonchev–Trinajstić information content (AvgIpc) is 3.50. The number of H-pyrrole nitrogens is 1. The molecule has 8 heteroatoms. The second-order valence-electron chi connectivity index (χ2n) is 6.96. The van der Waals surface area contributed by atoms with Gasteiger partial charge in [0.15, 0.2) is 5.82 Å². The summed E-state index contributed by atoms with van der Waals surface area (Å²) < 4.78 is 5.38. The first-order chi connectivity index (χ1) is 13.8. The summed E-state index contributed by atoms with van der Waals surface area (Å²) in [5.74, 6) is 2.37. The smallest absolute Gasteiger partial charge is 0.267 e. The van der Waals surface area contributed by atoms with Crippen LogP contribution < -0.4 is 0 Å². The minimum Gasteiger partial charge on any atom is -0.342 e. The zero-order chi connectivity index (χ0) is 18.9. The van der Waals surface area contributed by atoms with Gasteiger partial charge in [0.1, 0.15) is 5.82 Å². The van der Waals surface area contributed by atoms with Gasteiger partial charge in [-0.15, -0.1) is 11.3 Å². The van der Waals surface area contributed by atoms with Gasteiger partial charge in [-0.25, -0.2) is 4.98 Å². The highest BCUT2D eigenvalue weighted by Crippen LogP contribution is 2.29. The number of thiophene rings is 1. The molecule has 28 heavy (non-hydrogen) atoms. The highest BCUT2D eigenvalue weighted by atomic mass is 32.1. The normalized spacial score (nSPS) is 16.9. The number of rotatable bonds is 5. The summed E-state index contributed by atoms with van der Waals surface area (Å²) in [4.78, 5) is 27.8. The molecular formula is C20H19N5O2S. The number of carbonyl (C=O) groups excluding carboxylic acids is 1. The first-order valence-electron chi connectivity index (χ1n) is 9.35. The van der Waals surface area contributed by atoms with E-state index in [-0.39, 0.29) is 11.8 Å². The van der Waals surface area contributed by atoms with E-state index >= 15 is 0 Å². The Morgan fingerprint density at radius 1 is 1.25 bits per heavy atom. The molecule has 1 aliphatic heterocycles. The second kappa shape index (κ2) is 7.20. The molecule has 0 spiro atoms. The van der Waals surface area contributed by atoms with Crippen molar-refractivity contribution in [2.75, 3.05) is 13.1 Å². The molecule has 1 fully saturated rings. The number of carbonyl (C=O) groups is 1. The number of para-hydroxylation sites is 2. The molecule has 5 rings (SSSR count). The van der Waals surface area contributed by atoms with Crippen molar-refractivity contribution in [2.45, 2.75) is 25.2 Å². The monoisotopic (exact) mass is 393 g/mol. The van der Waals surface area contributed by atoms with E-state index in [9.17, 15) is 4.79 Å². The van der Waals surface area contributed by atoms with Crippen molar-refractivity contribution in [3.8, 4) is 10.8 Å². The van der Waals surface area contributed by atoms with Gasteiger partial charge in [0.05, 0.1) is 15.9 Å². The van der Waals surface area contributed by atoms with Gasteiger partial charge < -0.3 is 14.4 Å². The van der Waals surface area contributed by atoms with E-state index < -0.39 is 0 Å². The number of hydrogen-bond acceptors (Lipinski definition) is 6. The average molecular weight is 393 g/mol. The molecule has 7 nitrogen and oxygen atoms in total. The van der Waals surface area contributed by atoms with Crippen LogP contribution in [-0.2, 0) is 11.2 Å². The van der Waals surface area contributed by atoms with E-state index in [2.05, 4.69) is 20.1 Å². The third-order valence-electron chi connectivity index (χ3n) is 5.09. The van der Waals surface area contributed by atoms with Crippen LogP contribution in [-0.4, -0.2) is 44.0 Å². The van der Waals surface area contributed by atoms with Gasteiger partial charge in [-0.2, -0.15) is 4.98 Å². The predicted octanol–water partition coefficient (Wildman–Crippen LogP) is 3.62. The number of imidazole rings is 1. The first-order valence-corrected chi connectivity index (χ1v) is 10.2. The number of aromatic nitrogens is 4. The largest absolute Gasteiger partial charge is 0.342 e. The summed E-state index contributed by atoms with van der Waals surface area (Å²) in [6.45, 7) is 1.37. The number of aromatic amines is 1. The number of benzene rings is 1. The van der Waals surface area contributed by atoms with Gasteiger partial charge in [-0.05, 0) is 30.0 Å². The molecule has 4 heterocycles. The minimum atomic E-state index is 0.132. The lowest BCUT2D eigenvalue weighted by atomic mass is 10.1. The number of amides is 1. The van der Waals surface area contributed by atoms with Crippen LogP contribution in [0.1, 0.15) is 30.4 Å². The Bertz CT molecular complexity index is 1070. The highest BCUT2D eigenvalue weighted by Gasteiger charge is 2.30. The summed E-state index contributed by atoms with van der Waals surface area (Å²) >= 11 is 1.57. The number of fused-ring (bicyclic) bond motifs is 1. The summed E-state index contributed by atoms with van der Waals surface area (Å²) in [6, 6.07) is 11.8. The highest BCUT2D eigenvalue weighted by molar-refractivity contribution is 7.13. The third-order valence-corrected chi connectivity index (χ3v) is 5.95. The van der Waals surface area contributed by atoms with E-state index in [1.807, 2.05) is 46.7 Å². The van der Waals surface area contributed by atoms with E-state index in [0.717, 1.165) is 34.7 Å². The summed E-state index contributed by atoms with van der Waals surface area (Å²) in [5.41, 5.74) is 1.94. The summed E-state index contributed by atoms with van der Waals surface area (Å²) in [5, 5.41) is 6.12. The minimum absolute atomic E-state index is 0.132. The van der Waals surface area contributed by atoms with E-state index in [0.29, 0.717) is 31.1 Å². The first kappa shape index (κ1) is 17.1. The lowest BCUT2D eigenvalue weighted by molar-refractivity contribution is -0.130. The van der Waals surface area contributed by atoms with Crippen LogP contribution in [0.5, 0.6) is 0 Å². The fourth-order valence-electron chi connectivity index (χ4n) is 3.61. The van der Waals surface area contributed by atoms with Gasteiger partial charge in [0.25, 0.3) is 5.89 Å². The SMILES string of the molecule is O=C(CCc1nc2ccccc2[nH]1)N1CCC(c2noc(-c3cccs3)n2)C1. The van der Waals surface area contributed by atoms with Crippen LogP contribution in [0.3, 0.4) is 0 Å². The van der Waals surface area contributed by atoms with Crippen LogP contribution in [0.2, 0.25) is 0 Å². The maximum atomic E-state index is 12.6. The Morgan fingerprint density at radius 3 is 3.04 bits per heavy atom. The van der Waals surface area contributed by atoms with Crippen molar-refractivity contribution in [3.63, 3.8) is 0 Å². The van der Waals surface area contributed by atoms with Crippen molar-refractivity contribution >= 4 is 28.3 Å². The molecular weight excluding hydrogens is 374 g/mol. The fourth-order valence-corrected chi connectivity index (χ4v) is 4.25. The Hall–Kier alpha value is -3.00. The number of aryl methyl sites for hydroxylation is 1. The molecule has 4 aromatic rings. The lowest BCUT2D eigenvalue weighted by Gasteiger charge is -2.15. The Kier molecular flexibility index (Phi) is 4.40. The molecule has 142 valence electrons. The molecule has 0 aliphatic carbocycles. The van der Waals surface area contributed by atoms with Gasteiger partial charge in [-0.3, -0.25) is 4.79 Å². The lowest BCUT2D eigenvalue weighted by Crippen LogP contribution is -2.28. The second-order valence-corrected chi connectivity index (χ2v) is 7.91. The Morgan fingerprint density at radius 2 is 2.18 bits per heavy atom. The zero-order valence-corrected chi connectivity index (χ0v) is 16.0.